The molecule has 0 rings (SSSR count). The molecule has 0 saturated carbocycles. The fourth-order valence-electron chi connectivity index (χ4n) is 3.28. The van der Waals surface area contributed by atoms with Gasteiger partial charge >= 0.3 is 0 Å². The topological polar surface area (TPSA) is 87.3 Å². The van der Waals surface area contributed by atoms with Gasteiger partial charge in [-0.3, -0.25) is 14.4 Å². The van der Waals surface area contributed by atoms with E-state index in [1.165, 1.54) is 0 Å². The van der Waals surface area contributed by atoms with E-state index in [0.29, 0.717) is 19.4 Å². The van der Waals surface area contributed by atoms with Crippen LogP contribution in [0.3, 0.4) is 0 Å². The zero-order valence-corrected chi connectivity index (χ0v) is 17.9. The fourth-order valence-corrected chi connectivity index (χ4v) is 3.28. The van der Waals surface area contributed by atoms with Crippen LogP contribution in [0.1, 0.15) is 81.1 Å². The van der Waals surface area contributed by atoms with Crippen molar-refractivity contribution in [2.24, 2.45) is 10.8 Å². The molecule has 0 aliphatic carbocycles. The van der Waals surface area contributed by atoms with Crippen molar-refractivity contribution in [3.05, 3.63) is 0 Å². The van der Waals surface area contributed by atoms with E-state index in [1.54, 1.807) is 6.92 Å². The SMILES string of the molecule is CCCC(=O)NCC(C)(C)CC(C)(C)CC(=O)NC(C)C(=O)NC(C)C. The Hall–Kier alpha value is -1.59. The van der Waals surface area contributed by atoms with Crippen LogP contribution in [-0.4, -0.2) is 36.3 Å². The number of amides is 3. The summed E-state index contributed by atoms with van der Waals surface area (Å²) in [4.78, 5) is 35.9. The van der Waals surface area contributed by atoms with Gasteiger partial charge in [0.25, 0.3) is 0 Å². The highest BCUT2D eigenvalue weighted by molar-refractivity contribution is 5.87. The van der Waals surface area contributed by atoms with Crippen molar-refractivity contribution in [3.63, 3.8) is 0 Å². The Morgan fingerprint density at radius 2 is 1.46 bits per heavy atom. The average Bonchev–Trinajstić information content (AvgIpc) is 2.42. The van der Waals surface area contributed by atoms with Crippen LogP contribution < -0.4 is 16.0 Å². The average molecular weight is 370 g/mol. The molecule has 0 spiro atoms. The van der Waals surface area contributed by atoms with Gasteiger partial charge in [-0.25, -0.2) is 0 Å². The van der Waals surface area contributed by atoms with E-state index in [0.717, 1.165) is 12.8 Å². The van der Waals surface area contributed by atoms with Gasteiger partial charge in [-0.15, -0.1) is 0 Å². The lowest BCUT2D eigenvalue weighted by Gasteiger charge is -2.35. The van der Waals surface area contributed by atoms with Gasteiger partial charge in [0.05, 0.1) is 0 Å². The molecule has 6 nitrogen and oxygen atoms in total. The molecule has 0 aliphatic rings. The highest BCUT2D eigenvalue weighted by atomic mass is 16.2. The van der Waals surface area contributed by atoms with Gasteiger partial charge in [0.1, 0.15) is 6.04 Å². The Morgan fingerprint density at radius 3 is 1.96 bits per heavy atom. The van der Waals surface area contributed by atoms with Gasteiger partial charge in [0.2, 0.25) is 17.7 Å². The molecule has 0 aliphatic heterocycles. The molecule has 0 saturated heterocycles. The first-order chi connectivity index (χ1) is 11.8. The van der Waals surface area contributed by atoms with Gasteiger partial charge in [-0.05, 0) is 44.4 Å². The Bertz CT molecular complexity index is 485. The molecule has 26 heavy (non-hydrogen) atoms. The molecule has 152 valence electrons. The standard InChI is InChI=1S/C20H39N3O3/c1-9-10-16(24)21-13-20(7,8)12-19(5,6)11-17(25)23-15(4)18(26)22-14(2)3/h14-15H,9-13H2,1-8H3,(H,21,24)(H,22,26)(H,23,25). The first-order valence-corrected chi connectivity index (χ1v) is 9.64. The first kappa shape index (κ1) is 24.4. The van der Waals surface area contributed by atoms with Crippen molar-refractivity contribution >= 4 is 17.7 Å². The van der Waals surface area contributed by atoms with Crippen molar-refractivity contribution < 1.29 is 14.4 Å². The van der Waals surface area contributed by atoms with Crippen LogP contribution in [0.25, 0.3) is 0 Å². The highest BCUT2D eigenvalue weighted by Gasteiger charge is 2.31. The van der Waals surface area contributed by atoms with E-state index in [2.05, 4.69) is 29.8 Å². The minimum absolute atomic E-state index is 0.0435. The molecule has 1 unspecified atom stereocenters. The van der Waals surface area contributed by atoms with Crippen LogP contribution in [0.15, 0.2) is 0 Å². The summed E-state index contributed by atoms with van der Waals surface area (Å²) in [6, 6.07) is -0.510. The first-order valence-electron chi connectivity index (χ1n) is 9.64. The smallest absolute Gasteiger partial charge is 0.242 e. The van der Waals surface area contributed by atoms with E-state index < -0.39 is 6.04 Å². The molecule has 6 heteroatoms. The second-order valence-electron chi connectivity index (χ2n) is 9.16. The molecule has 0 radical (unpaired) electrons. The van der Waals surface area contributed by atoms with E-state index in [9.17, 15) is 14.4 Å². The molecule has 0 heterocycles. The maximum atomic E-state index is 12.3. The third-order valence-corrected chi connectivity index (χ3v) is 4.04. The van der Waals surface area contributed by atoms with Crippen LogP contribution in [0, 0.1) is 10.8 Å². The Balaban J connectivity index is 4.55. The third kappa shape index (κ3) is 11.1. The van der Waals surface area contributed by atoms with Crippen LogP contribution >= 0.6 is 0 Å². The molecule has 0 fully saturated rings. The van der Waals surface area contributed by atoms with Crippen molar-refractivity contribution in [3.8, 4) is 0 Å². The number of nitrogens with one attached hydrogen (secondary N) is 3. The maximum Gasteiger partial charge on any atom is 0.242 e. The second-order valence-corrected chi connectivity index (χ2v) is 9.16. The summed E-state index contributed by atoms with van der Waals surface area (Å²) in [6.45, 7) is 16.3. The molecular weight excluding hydrogens is 330 g/mol. The monoisotopic (exact) mass is 369 g/mol. The molecule has 0 aromatic carbocycles. The normalized spacial score (nSPS) is 13.3. The molecule has 3 amide bonds. The van der Waals surface area contributed by atoms with Crippen LogP contribution in [0.2, 0.25) is 0 Å². The molecule has 0 bridgehead atoms. The van der Waals surface area contributed by atoms with Gasteiger partial charge in [-0.2, -0.15) is 0 Å². The lowest BCUT2D eigenvalue weighted by atomic mass is 9.73. The van der Waals surface area contributed by atoms with Crippen molar-refractivity contribution in [1.29, 1.82) is 0 Å². The van der Waals surface area contributed by atoms with Gasteiger partial charge in [-0.1, -0.05) is 34.6 Å². The largest absolute Gasteiger partial charge is 0.356 e. The van der Waals surface area contributed by atoms with Crippen molar-refractivity contribution in [2.75, 3.05) is 6.54 Å². The molecule has 0 aromatic heterocycles. The zero-order valence-electron chi connectivity index (χ0n) is 17.9. The summed E-state index contributed by atoms with van der Waals surface area (Å²) in [6.07, 6.45) is 2.49. The minimum Gasteiger partial charge on any atom is -0.356 e. The van der Waals surface area contributed by atoms with E-state index >= 15 is 0 Å². The van der Waals surface area contributed by atoms with Crippen LogP contribution in [0.4, 0.5) is 0 Å². The predicted molar refractivity (Wildman–Crippen MR) is 106 cm³/mol. The second kappa shape index (κ2) is 10.5. The number of carbonyl (C=O) groups is 3. The number of carbonyl (C=O) groups excluding carboxylic acids is 3. The summed E-state index contributed by atoms with van der Waals surface area (Å²) in [5, 5.41) is 8.54. The molecular formula is C20H39N3O3. The number of hydrogen-bond donors (Lipinski definition) is 3. The van der Waals surface area contributed by atoms with Gasteiger partial charge < -0.3 is 16.0 Å². The summed E-state index contributed by atoms with van der Waals surface area (Å²) in [5.41, 5.74) is -0.356. The Morgan fingerprint density at radius 1 is 0.885 bits per heavy atom. The molecule has 1 atom stereocenters. The Labute approximate surface area is 159 Å². The summed E-state index contributed by atoms with van der Waals surface area (Å²) in [7, 11) is 0. The summed E-state index contributed by atoms with van der Waals surface area (Å²) in [5.74, 6) is -0.238. The predicted octanol–water partition coefficient (Wildman–Crippen LogP) is 2.76. The summed E-state index contributed by atoms with van der Waals surface area (Å²) < 4.78 is 0. The Kier molecular flexibility index (Phi) is 9.89. The van der Waals surface area contributed by atoms with Crippen LogP contribution in [-0.2, 0) is 14.4 Å². The van der Waals surface area contributed by atoms with E-state index in [1.807, 2.05) is 34.6 Å². The zero-order chi connectivity index (χ0) is 20.5. The molecule has 0 aromatic rings. The lowest BCUT2D eigenvalue weighted by Crippen LogP contribution is -2.47. The van der Waals surface area contributed by atoms with E-state index in [-0.39, 0.29) is 34.6 Å². The quantitative estimate of drug-likeness (QED) is 0.523. The minimum atomic E-state index is -0.554. The van der Waals surface area contributed by atoms with Crippen molar-refractivity contribution in [2.45, 2.75) is 93.2 Å². The maximum absolute atomic E-state index is 12.3. The van der Waals surface area contributed by atoms with E-state index in [4.69, 9.17) is 0 Å². The van der Waals surface area contributed by atoms with Gasteiger partial charge in [0, 0.05) is 25.4 Å². The molecule has 3 N–H and O–H groups in total. The third-order valence-electron chi connectivity index (χ3n) is 4.04. The fraction of sp³-hybridized carbons (Fsp3) is 0.850. The summed E-state index contributed by atoms with van der Waals surface area (Å²) >= 11 is 0. The lowest BCUT2D eigenvalue weighted by molar-refractivity contribution is -0.130. The highest BCUT2D eigenvalue weighted by Crippen LogP contribution is 2.35. The number of hydrogen-bond acceptors (Lipinski definition) is 3. The van der Waals surface area contributed by atoms with Crippen molar-refractivity contribution in [1.82, 2.24) is 16.0 Å². The van der Waals surface area contributed by atoms with Gasteiger partial charge in [0.15, 0.2) is 0 Å². The van der Waals surface area contributed by atoms with Crippen LogP contribution in [0.5, 0.6) is 0 Å². The number of rotatable bonds is 11.